The molecule has 0 saturated carbocycles. The van der Waals surface area contributed by atoms with Crippen LogP contribution in [0, 0.1) is 0 Å². The molecule has 100 valence electrons. The average Bonchev–Trinajstić information content (AvgIpc) is 2.43. The molecular formula is C14H22N2O2. The van der Waals surface area contributed by atoms with E-state index in [0.29, 0.717) is 12.6 Å². The minimum atomic E-state index is 0.0560. The van der Waals surface area contributed by atoms with Crippen molar-refractivity contribution in [1.29, 1.82) is 0 Å². The highest BCUT2D eigenvalue weighted by Gasteiger charge is 2.11. The van der Waals surface area contributed by atoms with Crippen LogP contribution in [-0.2, 0) is 4.79 Å². The zero-order chi connectivity index (χ0) is 13.5. The smallest absolute Gasteiger partial charge is 0.240 e. The molecule has 0 bridgehead atoms. The number of likely N-dealkylation sites (N-methyl/N-ethyl adjacent to an activating group) is 1. The van der Waals surface area contributed by atoms with Crippen LogP contribution in [0.5, 0.6) is 5.75 Å². The lowest BCUT2D eigenvalue weighted by molar-refractivity contribution is -0.117. The Hall–Kier alpha value is -1.55. The van der Waals surface area contributed by atoms with E-state index in [4.69, 9.17) is 4.74 Å². The zero-order valence-corrected chi connectivity index (χ0v) is 11.6. The number of carbonyl (C=O) groups is 1. The molecule has 1 unspecified atom stereocenters. The summed E-state index contributed by atoms with van der Waals surface area (Å²) in [4.78, 5) is 13.6. The number of anilines is 1. The fraction of sp³-hybridized carbons (Fsp3) is 0.500. The van der Waals surface area contributed by atoms with E-state index in [2.05, 4.69) is 19.2 Å². The fourth-order valence-electron chi connectivity index (χ4n) is 1.47. The Labute approximate surface area is 109 Å². The third-order valence-electron chi connectivity index (χ3n) is 3.05. The second-order valence-corrected chi connectivity index (χ2v) is 4.34. The normalized spacial score (nSPS) is 12.0. The highest BCUT2D eigenvalue weighted by molar-refractivity contribution is 5.94. The summed E-state index contributed by atoms with van der Waals surface area (Å²) in [6.45, 7) is 4.52. The van der Waals surface area contributed by atoms with Gasteiger partial charge in [0.05, 0.1) is 13.7 Å². The lowest BCUT2D eigenvalue weighted by Crippen LogP contribution is -2.38. The van der Waals surface area contributed by atoms with Gasteiger partial charge in [0.2, 0.25) is 5.91 Å². The van der Waals surface area contributed by atoms with E-state index in [0.717, 1.165) is 17.9 Å². The molecule has 4 nitrogen and oxygen atoms in total. The molecule has 1 atom stereocenters. The first-order valence-corrected chi connectivity index (χ1v) is 6.22. The van der Waals surface area contributed by atoms with Crippen molar-refractivity contribution in [2.24, 2.45) is 0 Å². The monoisotopic (exact) mass is 250 g/mol. The van der Waals surface area contributed by atoms with Crippen molar-refractivity contribution in [3.8, 4) is 5.75 Å². The Morgan fingerprint density at radius 2 is 2.00 bits per heavy atom. The second-order valence-electron chi connectivity index (χ2n) is 4.34. The first kappa shape index (κ1) is 14.5. The molecule has 0 aliphatic carbocycles. The van der Waals surface area contributed by atoms with Crippen molar-refractivity contribution in [1.82, 2.24) is 5.32 Å². The van der Waals surface area contributed by atoms with Crippen molar-refractivity contribution in [3.63, 3.8) is 0 Å². The number of rotatable bonds is 6. The standard InChI is InChI=1S/C14H22N2O2/c1-5-11(2)15-10-14(17)16(3)12-6-8-13(18-4)9-7-12/h6-9,11,15H,5,10H2,1-4H3. The van der Waals surface area contributed by atoms with Crippen LogP contribution in [0.3, 0.4) is 0 Å². The molecule has 0 saturated heterocycles. The minimum Gasteiger partial charge on any atom is -0.497 e. The molecule has 1 N–H and O–H groups in total. The van der Waals surface area contributed by atoms with Crippen LogP contribution < -0.4 is 15.0 Å². The van der Waals surface area contributed by atoms with E-state index in [1.54, 1.807) is 19.1 Å². The number of amides is 1. The van der Waals surface area contributed by atoms with Crippen molar-refractivity contribution >= 4 is 11.6 Å². The van der Waals surface area contributed by atoms with Crippen molar-refractivity contribution < 1.29 is 9.53 Å². The first-order chi connectivity index (χ1) is 8.58. The quantitative estimate of drug-likeness (QED) is 0.840. The maximum Gasteiger partial charge on any atom is 0.240 e. The van der Waals surface area contributed by atoms with Gasteiger partial charge in [-0.2, -0.15) is 0 Å². The van der Waals surface area contributed by atoms with Gasteiger partial charge in [0, 0.05) is 18.8 Å². The van der Waals surface area contributed by atoms with E-state index in [-0.39, 0.29) is 5.91 Å². The number of nitrogens with zero attached hydrogens (tertiary/aromatic N) is 1. The highest BCUT2D eigenvalue weighted by atomic mass is 16.5. The van der Waals surface area contributed by atoms with Crippen molar-refractivity contribution in [2.75, 3.05) is 25.6 Å². The lowest BCUT2D eigenvalue weighted by Gasteiger charge is -2.19. The van der Waals surface area contributed by atoms with E-state index >= 15 is 0 Å². The minimum absolute atomic E-state index is 0.0560. The van der Waals surface area contributed by atoms with Crippen LogP contribution in [0.25, 0.3) is 0 Å². The molecule has 1 aromatic rings. The molecule has 0 radical (unpaired) electrons. The maximum absolute atomic E-state index is 12.0. The SMILES string of the molecule is CCC(C)NCC(=O)N(C)c1ccc(OC)cc1. The molecule has 0 aliphatic heterocycles. The molecule has 1 rings (SSSR count). The highest BCUT2D eigenvalue weighted by Crippen LogP contribution is 2.17. The van der Waals surface area contributed by atoms with Gasteiger partial charge in [-0.3, -0.25) is 4.79 Å². The van der Waals surface area contributed by atoms with E-state index < -0.39 is 0 Å². The van der Waals surface area contributed by atoms with Crippen LogP contribution in [-0.4, -0.2) is 32.7 Å². The molecule has 0 aromatic heterocycles. The van der Waals surface area contributed by atoms with Gasteiger partial charge in [0.25, 0.3) is 0 Å². The Morgan fingerprint density at radius 1 is 1.39 bits per heavy atom. The largest absolute Gasteiger partial charge is 0.497 e. The summed E-state index contributed by atoms with van der Waals surface area (Å²) in [7, 11) is 3.41. The van der Waals surface area contributed by atoms with Crippen LogP contribution >= 0.6 is 0 Å². The molecule has 1 aromatic carbocycles. The predicted molar refractivity (Wildman–Crippen MR) is 74.2 cm³/mol. The Kier molecular flexibility index (Phi) is 5.65. The van der Waals surface area contributed by atoms with Gasteiger partial charge in [-0.05, 0) is 37.6 Å². The second kappa shape index (κ2) is 7.01. The van der Waals surface area contributed by atoms with Crippen LogP contribution in [0.1, 0.15) is 20.3 Å². The summed E-state index contributed by atoms with van der Waals surface area (Å²) in [5.74, 6) is 0.845. The summed E-state index contributed by atoms with van der Waals surface area (Å²) in [6.07, 6.45) is 1.01. The summed E-state index contributed by atoms with van der Waals surface area (Å²) in [5.41, 5.74) is 0.867. The number of ether oxygens (including phenoxy) is 1. The van der Waals surface area contributed by atoms with E-state index in [1.165, 1.54) is 0 Å². The van der Waals surface area contributed by atoms with E-state index in [9.17, 15) is 4.79 Å². The van der Waals surface area contributed by atoms with Crippen LogP contribution in [0.15, 0.2) is 24.3 Å². The molecule has 4 heteroatoms. The Morgan fingerprint density at radius 3 is 2.50 bits per heavy atom. The molecule has 0 heterocycles. The van der Waals surface area contributed by atoms with Crippen molar-refractivity contribution in [2.45, 2.75) is 26.3 Å². The molecule has 18 heavy (non-hydrogen) atoms. The number of hydrogen-bond acceptors (Lipinski definition) is 3. The molecule has 0 fully saturated rings. The van der Waals surface area contributed by atoms with Crippen molar-refractivity contribution in [3.05, 3.63) is 24.3 Å². The first-order valence-electron chi connectivity index (χ1n) is 6.22. The van der Waals surface area contributed by atoms with Gasteiger partial charge < -0.3 is 15.0 Å². The van der Waals surface area contributed by atoms with Crippen LogP contribution in [0.2, 0.25) is 0 Å². The summed E-state index contributed by atoms with van der Waals surface area (Å²) < 4.78 is 5.09. The summed E-state index contributed by atoms with van der Waals surface area (Å²) >= 11 is 0. The number of benzene rings is 1. The summed E-state index contributed by atoms with van der Waals surface area (Å²) in [6, 6.07) is 7.81. The third-order valence-corrected chi connectivity index (χ3v) is 3.05. The molecular weight excluding hydrogens is 228 g/mol. The average molecular weight is 250 g/mol. The van der Waals surface area contributed by atoms with Gasteiger partial charge >= 0.3 is 0 Å². The fourth-order valence-corrected chi connectivity index (χ4v) is 1.47. The summed E-state index contributed by atoms with van der Waals surface area (Å²) in [5, 5.41) is 3.19. The van der Waals surface area contributed by atoms with Gasteiger partial charge in [-0.1, -0.05) is 6.92 Å². The van der Waals surface area contributed by atoms with Gasteiger partial charge in [-0.25, -0.2) is 0 Å². The van der Waals surface area contributed by atoms with Gasteiger partial charge in [0.15, 0.2) is 0 Å². The number of nitrogens with one attached hydrogen (secondary N) is 1. The van der Waals surface area contributed by atoms with E-state index in [1.807, 2.05) is 24.3 Å². The number of carbonyl (C=O) groups excluding carboxylic acids is 1. The number of methoxy groups -OCH3 is 1. The Bertz CT molecular complexity index is 376. The third kappa shape index (κ3) is 4.04. The molecule has 1 amide bonds. The topological polar surface area (TPSA) is 41.6 Å². The molecule has 0 spiro atoms. The zero-order valence-electron chi connectivity index (χ0n) is 11.6. The maximum atomic E-state index is 12.0. The Balaban J connectivity index is 2.56. The van der Waals surface area contributed by atoms with Gasteiger partial charge in [-0.15, -0.1) is 0 Å². The lowest BCUT2D eigenvalue weighted by atomic mass is 10.2. The predicted octanol–water partition coefficient (Wildman–Crippen LogP) is 2.05. The van der Waals surface area contributed by atoms with Gasteiger partial charge in [0.1, 0.15) is 5.75 Å². The van der Waals surface area contributed by atoms with Crippen LogP contribution in [0.4, 0.5) is 5.69 Å². The number of hydrogen-bond donors (Lipinski definition) is 1. The molecule has 0 aliphatic rings.